The second-order valence-electron chi connectivity index (χ2n) is 7.89. The van der Waals surface area contributed by atoms with Crippen LogP contribution in [0.15, 0.2) is 53.7 Å². The zero-order valence-electron chi connectivity index (χ0n) is 18.2. The molecule has 2 aliphatic rings. The first-order chi connectivity index (χ1) is 16.1. The number of amides is 2. The van der Waals surface area contributed by atoms with Crippen molar-refractivity contribution in [2.45, 2.75) is 12.1 Å². The Morgan fingerprint density at radius 2 is 1.85 bits per heavy atom. The van der Waals surface area contributed by atoms with Gasteiger partial charge in [-0.3, -0.25) is 14.2 Å². The van der Waals surface area contributed by atoms with Crippen LogP contribution in [0.25, 0.3) is 5.69 Å². The summed E-state index contributed by atoms with van der Waals surface area (Å²) in [5, 5.41) is 12.3. The second kappa shape index (κ2) is 9.24. The first kappa shape index (κ1) is 21.5. The average molecular weight is 465 g/mol. The van der Waals surface area contributed by atoms with Gasteiger partial charge in [0.2, 0.25) is 17.8 Å². The third-order valence-corrected chi connectivity index (χ3v) is 6.51. The lowest BCUT2D eigenvalue weighted by atomic mass is 10.2. The number of para-hydroxylation sites is 2. The number of benzene rings is 2. The summed E-state index contributed by atoms with van der Waals surface area (Å²) >= 11 is 1.32. The predicted octanol–water partition coefficient (Wildman–Crippen LogP) is 2.49. The number of anilines is 3. The third-order valence-electron chi connectivity index (χ3n) is 5.60. The number of hydrogen-bond acceptors (Lipinski definition) is 7. The van der Waals surface area contributed by atoms with Crippen LogP contribution in [-0.4, -0.2) is 65.2 Å². The maximum atomic E-state index is 13.1. The molecule has 10 heteroatoms. The van der Waals surface area contributed by atoms with Crippen LogP contribution >= 0.6 is 11.8 Å². The van der Waals surface area contributed by atoms with Gasteiger partial charge in [0.25, 0.3) is 0 Å². The van der Waals surface area contributed by atoms with Crippen LogP contribution in [0.2, 0.25) is 0 Å². The highest BCUT2D eigenvalue weighted by atomic mass is 32.2. The minimum absolute atomic E-state index is 0.0000864. The molecule has 2 aromatic carbocycles. The van der Waals surface area contributed by atoms with Crippen molar-refractivity contribution in [3.05, 3.63) is 54.1 Å². The summed E-state index contributed by atoms with van der Waals surface area (Å²) in [7, 11) is 0. The topological polar surface area (TPSA) is 92.6 Å². The highest BCUT2D eigenvalue weighted by Gasteiger charge is 2.28. The Bertz CT molecular complexity index is 1170. The summed E-state index contributed by atoms with van der Waals surface area (Å²) in [6.07, 6.45) is 0. The summed E-state index contributed by atoms with van der Waals surface area (Å²) in [6, 6.07) is 15.5. The Kier molecular flexibility index (Phi) is 6.01. The van der Waals surface area contributed by atoms with Gasteiger partial charge in [0.15, 0.2) is 5.16 Å². The molecule has 3 aromatic rings. The van der Waals surface area contributed by atoms with Crippen molar-refractivity contribution < 1.29 is 14.3 Å². The van der Waals surface area contributed by atoms with Gasteiger partial charge in [-0.05, 0) is 31.2 Å². The maximum Gasteiger partial charge on any atom is 0.244 e. The van der Waals surface area contributed by atoms with Gasteiger partial charge in [-0.25, -0.2) is 0 Å². The van der Waals surface area contributed by atoms with Crippen LogP contribution in [0.5, 0.6) is 0 Å². The fraction of sp³-hybridized carbons (Fsp3) is 0.304. The van der Waals surface area contributed by atoms with E-state index in [4.69, 9.17) is 4.74 Å². The van der Waals surface area contributed by atoms with E-state index in [1.54, 1.807) is 6.07 Å². The van der Waals surface area contributed by atoms with Gasteiger partial charge in [-0.1, -0.05) is 41.6 Å². The van der Waals surface area contributed by atoms with Crippen molar-refractivity contribution in [3.63, 3.8) is 0 Å². The van der Waals surface area contributed by atoms with E-state index in [0.29, 0.717) is 29.7 Å². The third kappa shape index (κ3) is 4.44. The van der Waals surface area contributed by atoms with Crippen LogP contribution in [0.4, 0.5) is 17.3 Å². The summed E-state index contributed by atoms with van der Waals surface area (Å²) in [4.78, 5) is 28.9. The van der Waals surface area contributed by atoms with Crippen LogP contribution in [0.1, 0.15) is 5.56 Å². The number of aryl methyl sites for hydroxylation is 1. The summed E-state index contributed by atoms with van der Waals surface area (Å²) < 4.78 is 7.47. The van der Waals surface area contributed by atoms with Crippen LogP contribution < -0.4 is 15.1 Å². The number of thioether (sulfide) groups is 1. The molecule has 9 nitrogen and oxygen atoms in total. The van der Waals surface area contributed by atoms with Crippen molar-refractivity contribution in [2.24, 2.45) is 0 Å². The van der Waals surface area contributed by atoms with Crippen molar-refractivity contribution in [1.29, 1.82) is 0 Å². The molecule has 0 radical (unpaired) electrons. The molecule has 0 unspecified atom stereocenters. The SMILES string of the molecule is Cc1ccc(-n2c(SCC(=O)N3CC(=O)Nc4ccccc43)nnc2N2CCOCC2)cc1. The zero-order valence-corrected chi connectivity index (χ0v) is 19.0. The second-order valence-corrected chi connectivity index (χ2v) is 8.83. The van der Waals surface area contributed by atoms with Gasteiger partial charge >= 0.3 is 0 Å². The van der Waals surface area contributed by atoms with E-state index in [-0.39, 0.29) is 24.1 Å². The van der Waals surface area contributed by atoms with Gasteiger partial charge in [-0.2, -0.15) is 0 Å². The fourth-order valence-electron chi connectivity index (χ4n) is 3.90. The van der Waals surface area contributed by atoms with Crippen LogP contribution in [0, 0.1) is 6.92 Å². The number of ether oxygens (including phenoxy) is 1. The van der Waals surface area contributed by atoms with Gasteiger partial charge < -0.3 is 19.9 Å². The number of fused-ring (bicyclic) bond motifs is 1. The van der Waals surface area contributed by atoms with Crippen molar-refractivity contribution in [2.75, 3.05) is 53.7 Å². The van der Waals surface area contributed by atoms with Crippen molar-refractivity contribution in [1.82, 2.24) is 14.8 Å². The molecular formula is C23H24N6O3S. The number of nitrogens with one attached hydrogen (secondary N) is 1. The number of carbonyl (C=O) groups is 2. The molecule has 0 saturated carbocycles. The number of morpholine rings is 1. The molecule has 0 aliphatic carbocycles. The molecule has 1 N–H and O–H groups in total. The molecule has 1 saturated heterocycles. The number of hydrogen-bond donors (Lipinski definition) is 1. The van der Waals surface area contributed by atoms with Crippen molar-refractivity contribution in [3.8, 4) is 5.69 Å². The number of carbonyl (C=O) groups excluding carboxylic acids is 2. The Morgan fingerprint density at radius 3 is 2.64 bits per heavy atom. The molecule has 0 atom stereocenters. The zero-order chi connectivity index (χ0) is 22.8. The summed E-state index contributed by atoms with van der Waals surface area (Å²) in [6.45, 7) is 4.77. The normalized spacial score (nSPS) is 15.8. The minimum atomic E-state index is -0.204. The molecule has 170 valence electrons. The molecule has 0 bridgehead atoms. The average Bonchev–Trinajstić information content (AvgIpc) is 3.27. The molecule has 2 amide bonds. The lowest BCUT2D eigenvalue weighted by Gasteiger charge is -2.29. The fourth-order valence-corrected chi connectivity index (χ4v) is 4.73. The van der Waals surface area contributed by atoms with E-state index in [1.807, 2.05) is 54.0 Å². The first-order valence-electron chi connectivity index (χ1n) is 10.8. The number of nitrogens with zero attached hydrogens (tertiary/aromatic N) is 5. The molecule has 33 heavy (non-hydrogen) atoms. The Hall–Kier alpha value is -3.37. The van der Waals surface area contributed by atoms with E-state index in [0.717, 1.165) is 30.3 Å². The largest absolute Gasteiger partial charge is 0.378 e. The Balaban J connectivity index is 1.40. The van der Waals surface area contributed by atoms with E-state index in [1.165, 1.54) is 16.7 Å². The van der Waals surface area contributed by atoms with Crippen LogP contribution in [0.3, 0.4) is 0 Å². The highest BCUT2D eigenvalue weighted by Crippen LogP contribution is 2.31. The Morgan fingerprint density at radius 1 is 1.09 bits per heavy atom. The first-order valence-corrected chi connectivity index (χ1v) is 11.8. The van der Waals surface area contributed by atoms with Gasteiger partial charge in [0.1, 0.15) is 6.54 Å². The molecule has 2 aliphatic heterocycles. The van der Waals surface area contributed by atoms with Gasteiger partial charge in [0.05, 0.1) is 36.0 Å². The molecule has 5 rings (SSSR count). The lowest BCUT2D eigenvalue weighted by Crippen LogP contribution is -2.43. The molecule has 0 spiro atoms. The highest BCUT2D eigenvalue weighted by molar-refractivity contribution is 7.99. The standard InChI is InChI=1S/C23H24N6O3S/c1-16-6-8-17(9-7-16)29-22(27-10-12-32-13-11-27)25-26-23(29)33-15-21(31)28-14-20(30)24-18-4-2-3-5-19(18)28/h2-9H,10-15H2,1H3,(H,24,30). The smallest absolute Gasteiger partial charge is 0.244 e. The quantitative estimate of drug-likeness (QED) is 0.580. The van der Waals surface area contributed by atoms with Crippen molar-refractivity contribution >= 4 is 40.9 Å². The van der Waals surface area contributed by atoms with E-state index in [9.17, 15) is 9.59 Å². The summed E-state index contributed by atoms with van der Waals surface area (Å²) in [5.74, 6) is 0.507. The number of aromatic nitrogens is 3. The lowest BCUT2D eigenvalue weighted by molar-refractivity contribution is -0.120. The predicted molar refractivity (Wildman–Crippen MR) is 127 cm³/mol. The monoisotopic (exact) mass is 464 g/mol. The van der Waals surface area contributed by atoms with E-state index < -0.39 is 0 Å². The molecular weight excluding hydrogens is 440 g/mol. The van der Waals surface area contributed by atoms with Gasteiger partial charge in [0, 0.05) is 13.1 Å². The maximum absolute atomic E-state index is 13.1. The van der Waals surface area contributed by atoms with E-state index >= 15 is 0 Å². The van der Waals surface area contributed by atoms with E-state index in [2.05, 4.69) is 20.4 Å². The van der Waals surface area contributed by atoms with Gasteiger partial charge in [-0.15, -0.1) is 10.2 Å². The molecule has 1 fully saturated rings. The summed E-state index contributed by atoms with van der Waals surface area (Å²) in [5.41, 5.74) is 3.44. The number of rotatable bonds is 5. The Labute approximate surface area is 195 Å². The van der Waals surface area contributed by atoms with Crippen LogP contribution in [-0.2, 0) is 14.3 Å². The molecule has 1 aromatic heterocycles. The molecule has 3 heterocycles. The minimum Gasteiger partial charge on any atom is -0.378 e.